The molecule has 0 saturated carbocycles. The van der Waals surface area contributed by atoms with Crippen LogP contribution >= 0.6 is 11.6 Å². The maximum atomic E-state index is 12.8. The Morgan fingerprint density at radius 2 is 1.74 bits per heavy atom. The summed E-state index contributed by atoms with van der Waals surface area (Å²) in [7, 11) is 0. The van der Waals surface area contributed by atoms with E-state index in [1.165, 1.54) is 0 Å². The van der Waals surface area contributed by atoms with E-state index in [9.17, 15) is 4.79 Å². The van der Waals surface area contributed by atoms with Gasteiger partial charge in [0, 0.05) is 16.0 Å². The van der Waals surface area contributed by atoms with Gasteiger partial charge in [0.1, 0.15) is 11.3 Å². The molecule has 0 bridgehead atoms. The van der Waals surface area contributed by atoms with Gasteiger partial charge in [-0.05, 0) is 43.3 Å². The number of ether oxygens (including phenoxy) is 1. The lowest BCUT2D eigenvalue weighted by Crippen LogP contribution is -2.12. The van der Waals surface area contributed by atoms with Crippen molar-refractivity contribution in [3.05, 3.63) is 89.1 Å². The minimum atomic E-state index is -0.358. The highest BCUT2D eigenvalue weighted by Gasteiger charge is 2.19. The third kappa shape index (κ3) is 3.52. The van der Waals surface area contributed by atoms with Crippen LogP contribution in [0.25, 0.3) is 11.0 Å². The maximum Gasteiger partial charge on any atom is 0.291 e. The van der Waals surface area contributed by atoms with Gasteiger partial charge in [0.2, 0.25) is 0 Å². The summed E-state index contributed by atoms with van der Waals surface area (Å²) in [5.74, 6) is 1.06. The summed E-state index contributed by atoms with van der Waals surface area (Å²) in [5, 5.41) is 4.25. The van der Waals surface area contributed by atoms with E-state index >= 15 is 0 Å². The fraction of sp³-hybridized carbons (Fsp3) is 0.0455. The molecular weight excluding hydrogens is 362 g/mol. The molecule has 27 heavy (non-hydrogen) atoms. The standard InChI is InChI=1S/C22H16ClNO3/c1-14-17-9-5-6-10-19(17)27-21(14)22(25)24-18-13-15(23)11-12-20(18)26-16-7-3-2-4-8-16/h2-13H,1H3,(H,24,25). The van der Waals surface area contributed by atoms with Crippen molar-refractivity contribution in [2.24, 2.45) is 0 Å². The average Bonchev–Trinajstić information content (AvgIpc) is 3.02. The first-order valence-corrected chi connectivity index (χ1v) is 8.81. The van der Waals surface area contributed by atoms with E-state index in [0.29, 0.717) is 27.8 Å². The number of halogens is 1. The predicted molar refractivity (Wildman–Crippen MR) is 107 cm³/mol. The van der Waals surface area contributed by atoms with Crippen LogP contribution in [-0.2, 0) is 0 Å². The highest BCUT2D eigenvalue weighted by atomic mass is 35.5. The van der Waals surface area contributed by atoms with Crippen molar-refractivity contribution < 1.29 is 13.9 Å². The van der Waals surface area contributed by atoms with Crippen molar-refractivity contribution >= 4 is 34.2 Å². The zero-order valence-electron chi connectivity index (χ0n) is 14.5. The molecule has 1 heterocycles. The molecule has 0 spiro atoms. The van der Waals surface area contributed by atoms with Gasteiger partial charge in [-0.2, -0.15) is 0 Å². The van der Waals surface area contributed by atoms with Crippen LogP contribution in [0, 0.1) is 6.92 Å². The zero-order valence-corrected chi connectivity index (χ0v) is 15.3. The predicted octanol–water partition coefficient (Wildman–Crippen LogP) is 6.44. The molecule has 1 N–H and O–H groups in total. The van der Waals surface area contributed by atoms with E-state index in [2.05, 4.69) is 5.32 Å². The van der Waals surface area contributed by atoms with Crippen molar-refractivity contribution in [2.75, 3.05) is 5.32 Å². The molecule has 5 heteroatoms. The highest BCUT2D eigenvalue weighted by molar-refractivity contribution is 6.31. The second kappa shape index (κ2) is 7.17. The summed E-state index contributed by atoms with van der Waals surface area (Å²) in [6.45, 7) is 1.86. The van der Waals surface area contributed by atoms with Crippen LogP contribution in [0.1, 0.15) is 16.1 Å². The average molecular weight is 378 g/mol. The number of fused-ring (bicyclic) bond motifs is 1. The monoisotopic (exact) mass is 377 g/mol. The topological polar surface area (TPSA) is 51.5 Å². The van der Waals surface area contributed by atoms with Crippen LogP contribution in [0.15, 0.2) is 77.2 Å². The molecule has 4 nitrogen and oxygen atoms in total. The van der Waals surface area contributed by atoms with Gasteiger partial charge in [-0.1, -0.05) is 48.0 Å². The molecule has 0 aliphatic carbocycles. The van der Waals surface area contributed by atoms with Crippen molar-refractivity contribution in [1.29, 1.82) is 0 Å². The molecule has 3 aromatic carbocycles. The number of anilines is 1. The fourth-order valence-corrected chi connectivity index (χ4v) is 3.05. The van der Waals surface area contributed by atoms with Gasteiger partial charge in [-0.3, -0.25) is 4.79 Å². The summed E-state index contributed by atoms with van der Waals surface area (Å²) in [5.41, 5.74) is 1.93. The molecule has 0 fully saturated rings. The number of para-hydroxylation sites is 2. The van der Waals surface area contributed by atoms with Crippen molar-refractivity contribution in [1.82, 2.24) is 0 Å². The van der Waals surface area contributed by atoms with Gasteiger partial charge in [0.25, 0.3) is 5.91 Å². The minimum Gasteiger partial charge on any atom is -0.455 e. The van der Waals surface area contributed by atoms with Crippen LogP contribution < -0.4 is 10.1 Å². The molecule has 4 aromatic rings. The molecule has 0 saturated heterocycles. The Bertz CT molecular complexity index is 1120. The third-order valence-corrected chi connectivity index (χ3v) is 4.45. The van der Waals surface area contributed by atoms with E-state index < -0.39 is 0 Å². The molecule has 4 rings (SSSR count). The maximum absolute atomic E-state index is 12.8. The number of furan rings is 1. The largest absolute Gasteiger partial charge is 0.455 e. The summed E-state index contributed by atoms with van der Waals surface area (Å²) < 4.78 is 11.6. The lowest BCUT2D eigenvalue weighted by atomic mass is 10.1. The lowest BCUT2D eigenvalue weighted by Gasteiger charge is -2.12. The highest BCUT2D eigenvalue weighted by Crippen LogP contribution is 2.33. The fourth-order valence-electron chi connectivity index (χ4n) is 2.87. The second-order valence-corrected chi connectivity index (χ2v) is 6.50. The first-order chi connectivity index (χ1) is 13.1. The number of carbonyl (C=O) groups is 1. The van der Waals surface area contributed by atoms with Crippen LogP contribution in [0.5, 0.6) is 11.5 Å². The smallest absolute Gasteiger partial charge is 0.291 e. The summed E-state index contributed by atoms with van der Waals surface area (Å²) in [6, 6.07) is 22.0. The quantitative estimate of drug-likeness (QED) is 0.445. The number of amides is 1. The first kappa shape index (κ1) is 17.2. The Labute approximate surface area is 161 Å². The summed E-state index contributed by atoms with van der Waals surface area (Å²) in [6.07, 6.45) is 0. The van der Waals surface area contributed by atoms with Gasteiger partial charge in [0.05, 0.1) is 5.69 Å². The number of aryl methyl sites for hydroxylation is 1. The van der Waals surface area contributed by atoms with E-state index in [1.807, 2.05) is 61.5 Å². The molecule has 0 radical (unpaired) electrons. The molecule has 1 amide bonds. The SMILES string of the molecule is Cc1c(C(=O)Nc2cc(Cl)ccc2Oc2ccccc2)oc2ccccc12. The summed E-state index contributed by atoms with van der Waals surface area (Å²) in [4.78, 5) is 12.8. The summed E-state index contributed by atoms with van der Waals surface area (Å²) >= 11 is 6.11. The second-order valence-electron chi connectivity index (χ2n) is 6.06. The molecule has 1 aromatic heterocycles. The molecule has 0 aliphatic rings. The van der Waals surface area contributed by atoms with Crippen LogP contribution in [-0.4, -0.2) is 5.91 Å². The third-order valence-electron chi connectivity index (χ3n) is 4.21. The molecule has 134 valence electrons. The van der Waals surface area contributed by atoms with Gasteiger partial charge >= 0.3 is 0 Å². The number of rotatable bonds is 4. The molecular formula is C22H16ClNO3. The van der Waals surface area contributed by atoms with E-state index in [1.54, 1.807) is 18.2 Å². The van der Waals surface area contributed by atoms with Gasteiger partial charge < -0.3 is 14.5 Å². The Morgan fingerprint density at radius 1 is 1.00 bits per heavy atom. The van der Waals surface area contributed by atoms with Crippen molar-refractivity contribution in [3.63, 3.8) is 0 Å². The molecule has 0 unspecified atom stereocenters. The zero-order chi connectivity index (χ0) is 18.8. The molecule has 0 atom stereocenters. The van der Waals surface area contributed by atoms with Crippen molar-refractivity contribution in [2.45, 2.75) is 6.92 Å². The van der Waals surface area contributed by atoms with Crippen LogP contribution in [0.4, 0.5) is 5.69 Å². The van der Waals surface area contributed by atoms with E-state index in [0.717, 1.165) is 10.9 Å². The number of carbonyl (C=O) groups excluding carboxylic acids is 1. The van der Waals surface area contributed by atoms with Crippen LogP contribution in [0.2, 0.25) is 5.02 Å². The van der Waals surface area contributed by atoms with Gasteiger partial charge in [-0.15, -0.1) is 0 Å². The van der Waals surface area contributed by atoms with Crippen molar-refractivity contribution in [3.8, 4) is 11.5 Å². The van der Waals surface area contributed by atoms with Gasteiger partial charge in [-0.25, -0.2) is 0 Å². The number of benzene rings is 3. The Hall–Kier alpha value is -3.24. The Balaban J connectivity index is 1.66. The number of hydrogen-bond acceptors (Lipinski definition) is 3. The van der Waals surface area contributed by atoms with E-state index in [4.69, 9.17) is 20.8 Å². The minimum absolute atomic E-state index is 0.266. The number of nitrogens with one attached hydrogen (secondary N) is 1. The Morgan fingerprint density at radius 3 is 2.52 bits per heavy atom. The first-order valence-electron chi connectivity index (χ1n) is 8.44. The van der Waals surface area contributed by atoms with E-state index in [-0.39, 0.29) is 11.7 Å². The van der Waals surface area contributed by atoms with Gasteiger partial charge in [0.15, 0.2) is 11.5 Å². The molecule has 0 aliphatic heterocycles. The Kier molecular flexibility index (Phi) is 4.57. The van der Waals surface area contributed by atoms with Crippen LogP contribution in [0.3, 0.4) is 0 Å². The lowest BCUT2D eigenvalue weighted by molar-refractivity contribution is 0.0997. The normalized spacial score (nSPS) is 10.7. The number of hydrogen-bond donors (Lipinski definition) is 1.